The van der Waals surface area contributed by atoms with Crippen LogP contribution in [0.25, 0.3) is 0 Å². The van der Waals surface area contributed by atoms with Crippen LogP contribution in [0.15, 0.2) is 29.6 Å². The van der Waals surface area contributed by atoms with E-state index in [1.165, 1.54) is 0 Å². The molecule has 4 fully saturated rings. The summed E-state index contributed by atoms with van der Waals surface area (Å²) in [6.07, 6.45) is 10.3. The second kappa shape index (κ2) is 11.7. The number of aliphatic carboxylic acids is 1. The lowest BCUT2D eigenvalue weighted by molar-refractivity contribution is -0.233. The van der Waals surface area contributed by atoms with E-state index >= 15 is 0 Å². The van der Waals surface area contributed by atoms with Crippen molar-refractivity contribution < 1.29 is 29.0 Å². The summed E-state index contributed by atoms with van der Waals surface area (Å²) in [6, 6.07) is 1.72. The molecule has 0 radical (unpaired) electrons. The molecule has 0 aliphatic heterocycles. The van der Waals surface area contributed by atoms with Crippen molar-refractivity contribution in [3.05, 3.63) is 29.6 Å². The first-order valence-corrected chi connectivity index (χ1v) is 18.5. The van der Waals surface area contributed by atoms with Gasteiger partial charge in [0.25, 0.3) is 0 Å². The van der Waals surface area contributed by atoms with Crippen LogP contribution in [0.2, 0.25) is 0 Å². The first-order valence-electron chi connectivity index (χ1n) is 18.5. The number of amides is 1. The van der Waals surface area contributed by atoms with Gasteiger partial charge in [0.15, 0.2) is 5.78 Å². The number of nitrogens with one attached hydrogen (secondary N) is 1. The third-order valence-corrected chi connectivity index (χ3v) is 15.0. The molecule has 1 heterocycles. The van der Waals surface area contributed by atoms with Gasteiger partial charge in [0.05, 0.1) is 17.3 Å². The molecule has 0 saturated heterocycles. The van der Waals surface area contributed by atoms with Gasteiger partial charge in [0.2, 0.25) is 11.9 Å². The van der Waals surface area contributed by atoms with Gasteiger partial charge in [-0.05, 0) is 122 Å². The molecule has 5 aliphatic carbocycles. The van der Waals surface area contributed by atoms with Crippen LogP contribution in [-0.2, 0) is 23.9 Å². The molecule has 1 amide bonds. The number of ether oxygens (including phenoxy) is 1. The molecular weight excluding hydrogens is 618 g/mol. The van der Waals surface area contributed by atoms with Gasteiger partial charge in [-0.3, -0.25) is 24.5 Å². The smallest absolute Gasteiger partial charge is 0.309 e. The molecule has 1 aromatic heterocycles. The van der Waals surface area contributed by atoms with E-state index < -0.39 is 22.8 Å². The summed E-state index contributed by atoms with van der Waals surface area (Å²) in [5.41, 5.74) is -0.398. The Morgan fingerprint density at radius 1 is 0.939 bits per heavy atom. The number of allylic oxidation sites excluding steroid dienone is 1. The van der Waals surface area contributed by atoms with E-state index in [1.807, 2.05) is 0 Å². The number of hydrogen-bond donors (Lipinski definition) is 2. The van der Waals surface area contributed by atoms with Crippen LogP contribution < -0.4 is 5.32 Å². The quantitative estimate of drug-likeness (QED) is 0.280. The summed E-state index contributed by atoms with van der Waals surface area (Å²) in [4.78, 5) is 61.5. The lowest BCUT2D eigenvalue weighted by Gasteiger charge is -2.72. The number of carbonyl (C=O) groups is 4. The van der Waals surface area contributed by atoms with Crippen molar-refractivity contribution in [3.8, 4) is 0 Å². The number of esters is 1. The lowest BCUT2D eigenvalue weighted by atomic mass is 9.33. The van der Waals surface area contributed by atoms with E-state index in [0.29, 0.717) is 18.3 Å². The molecule has 9 heteroatoms. The number of carbonyl (C=O) groups excluding carboxylic acids is 3. The van der Waals surface area contributed by atoms with Gasteiger partial charge in [0, 0.05) is 24.2 Å². The molecule has 0 unspecified atom stereocenters. The van der Waals surface area contributed by atoms with Crippen LogP contribution in [-0.4, -0.2) is 44.8 Å². The zero-order chi connectivity index (χ0) is 35.9. The molecule has 0 spiro atoms. The second-order valence-electron chi connectivity index (χ2n) is 18.5. The summed E-state index contributed by atoms with van der Waals surface area (Å²) in [7, 11) is 0. The standard InChI is InChI=1S/C40H57N3O6/c1-23(2)30-25(44)21-40(32(46)43-34-41-19-10-20-42-34)18-17-38(8)24(31(30)40)11-12-27-37(7)15-14-28(49-29(45)22-35(3,4)33(47)48)36(5,6)26(37)13-16-39(27,38)9/h10,19-20,23-24,26-28H,11-18,21-22H2,1-9H3,(H,47,48)(H,41,42,43,46)/t24-,26+,27-,28+,37+,38-,39-,40-/m1/s1. The maximum Gasteiger partial charge on any atom is 0.309 e. The maximum absolute atomic E-state index is 14.3. The number of ketones is 1. The molecule has 1 aromatic rings. The van der Waals surface area contributed by atoms with E-state index in [4.69, 9.17) is 4.74 Å². The molecule has 5 aliphatic rings. The van der Waals surface area contributed by atoms with Crippen molar-refractivity contribution in [2.45, 2.75) is 133 Å². The first-order chi connectivity index (χ1) is 22.7. The predicted octanol–water partition coefficient (Wildman–Crippen LogP) is 7.81. The minimum Gasteiger partial charge on any atom is -0.481 e. The summed E-state index contributed by atoms with van der Waals surface area (Å²) in [5, 5.41) is 12.6. The van der Waals surface area contributed by atoms with Crippen molar-refractivity contribution in [1.82, 2.24) is 9.97 Å². The zero-order valence-corrected chi connectivity index (χ0v) is 31.1. The Morgan fingerprint density at radius 3 is 2.24 bits per heavy atom. The van der Waals surface area contributed by atoms with Gasteiger partial charge in [-0.15, -0.1) is 0 Å². The van der Waals surface area contributed by atoms with Crippen LogP contribution in [0.5, 0.6) is 0 Å². The molecule has 49 heavy (non-hydrogen) atoms. The number of fused-ring (bicyclic) bond motifs is 7. The highest BCUT2D eigenvalue weighted by molar-refractivity contribution is 6.09. The monoisotopic (exact) mass is 675 g/mol. The molecular formula is C40H57N3O6. The number of hydrogen-bond acceptors (Lipinski definition) is 7. The van der Waals surface area contributed by atoms with Gasteiger partial charge in [0.1, 0.15) is 6.10 Å². The molecule has 0 bridgehead atoms. The summed E-state index contributed by atoms with van der Waals surface area (Å²) >= 11 is 0. The van der Waals surface area contributed by atoms with E-state index in [-0.39, 0.29) is 70.1 Å². The van der Waals surface area contributed by atoms with Gasteiger partial charge in [-0.25, -0.2) is 9.97 Å². The van der Waals surface area contributed by atoms with E-state index in [1.54, 1.807) is 32.3 Å². The molecule has 8 atom stereocenters. The fraction of sp³-hybridized carbons (Fsp3) is 0.750. The van der Waals surface area contributed by atoms with Crippen LogP contribution in [0.3, 0.4) is 0 Å². The Labute approximate surface area is 291 Å². The Kier molecular flexibility index (Phi) is 8.55. The van der Waals surface area contributed by atoms with Gasteiger partial charge in [-0.2, -0.15) is 0 Å². The molecule has 268 valence electrons. The normalized spacial score (nSPS) is 38.2. The number of nitrogens with zero attached hydrogens (tertiary/aromatic N) is 2. The van der Waals surface area contributed by atoms with Crippen molar-refractivity contribution in [2.75, 3.05) is 5.32 Å². The van der Waals surface area contributed by atoms with E-state index in [9.17, 15) is 24.3 Å². The average Bonchev–Trinajstić information content (AvgIpc) is 3.32. The SMILES string of the molecule is CC(C)C1=C2[C@H]3CC[C@@H]4[C@@]5(C)CC[C@H](OC(=O)CC(C)(C)C(=O)O)C(C)(C)[C@@H]5CC[C@@]4(C)[C@]3(C)CC[C@@]2(C(=O)Nc2ncccn2)CC1=O. The van der Waals surface area contributed by atoms with Crippen LogP contribution in [0.1, 0.15) is 127 Å². The minimum absolute atomic E-state index is 0.00181. The molecule has 9 nitrogen and oxygen atoms in total. The number of carboxylic acid groups (broad SMARTS) is 1. The van der Waals surface area contributed by atoms with Crippen LogP contribution >= 0.6 is 0 Å². The largest absolute Gasteiger partial charge is 0.481 e. The van der Waals surface area contributed by atoms with Gasteiger partial charge in [-0.1, -0.05) is 48.5 Å². The Morgan fingerprint density at radius 2 is 1.61 bits per heavy atom. The lowest BCUT2D eigenvalue weighted by Crippen LogP contribution is -2.66. The van der Waals surface area contributed by atoms with Crippen molar-refractivity contribution in [1.29, 1.82) is 0 Å². The predicted molar refractivity (Wildman–Crippen MR) is 186 cm³/mol. The highest BCUT2D eigenvalue weighted by Gasteiger charge is 2.71. The van der Waals surface area contributed by atoms with E-state index in [2.05, 4.69) is 63.8 Å². The summed E-state index contributed by atoms with van der Waals surface area (Å²) in [6.45, 7) is 19.3. The molecule has 6 rings (SSSR count). The van der Waals surface area contributed by atoms with Crippen molar-refractivity contribution in [3.63, 3.8) is 0 Å². The van der Waals surface area contributed by atoms with Gasteiger partial charge >= 0.3 is 11.9 Å². The first kappa shape index (κ1) is 35.7. The highest BCUT2D eigenvalue weighted by Crippen LogP contribution is 2.76. The number of Topliss-reactive ketones (excluding diaryl/α,β-unsaturated/α-hetero) is 1. The molecule has 4 saturated carbocycles. The zero-order valence-electron chi connectivity index (χ0n) is 31.1. The average molecular weight is 676 g/mol. The Bertz CT molecular complexity index is 1580. The fourth-order valence-corrected chi connectivity index (χ4v) is 12.3. The summed E-state index contributed by atoms with van der Waals surface area (Å²) in [5.74, 6) is -0.237. The van der Waals surface area contributed by atoms with Gasteiger partial charge < -0.3 is 9.84 Å². The third kappa shape index (κ3) is 5.21. The summed E-state index contributed by atoms with van der Waals surface area (Å²) < 4.78 is 6.13. The topological polar surface area (TPSA) is 136 Å². The molecule has 0 aromatic carbocycles. The third-order valence-electron chi connectivity index (χ3n) is 15.0. The minimum atomic E-state index is -1.17. The van der Waals surface area contributed by atoms with Crippen molar-refractivity contribution in [2.24, 2.45) is 56.2 Å². The number of carboxylic acids is 1. The number of rotatable bonds is 7. The Hall–Kier alpha value is -3.10. The Balaban J connectivity index is 1.31. The second-order valence-corrected chi connectivity index (χ2v) is 18.5. The number of aromatic nitrogens is 2. The van der Waals surface area contributed by atoms with Crippen LogP contribution in [0.4, 0.5) is 5.95 Å². The van der Waals surface area contributed by atoms with Crippen LogP contribution in [0, 0.1) is 56.2 Å². The van der Waals surface area contributed by atoms with E-state index in [0.717, 1.165) is 56.1 Å². The maximum atomic E-state index is 14.3. The number of anilines is 1. The fourth-order valence-electron chi connectivity index (χ4n) is 12.3. The molecule has 2 N–H and O–H groups in total. The highest BCUT2D eigenvalue weighted by atomic mass is 16.5. The van der Waals surface area contributed by atoms with Crippen molar-refractivity contribution >= 4 is 29.6 Å².